The zero-order valence-corrected chi connectivity index (χ0v) is 18.8. The van der Waals surface area contributed by atoms with Crippen LogP contribution in [-0.4, -0.2) is 36.0 Å². The molecule has 8 nitrogen and oxygen atoms in total. The molecule has 1 heterocycles. The zero-order valence-electron chi connectivity index (χ0n) is 17.3. The molecule has 1 aliphatic heterocycles. The number of rotatable bonds is 7. The fraction of sp³-hybridized carbons (Fsp3) is 0.318. The van der Waals surface area contributed by atoms with Crippen LogP contribution < -0.4 is 16.0 Å². The molecular formula is C22H23Cl2N3O5. The average Bonchev–Trinajstić information content (AvgIpc) is 3.12. The van der Waals surface area contributed by atoms with Gasteiger partial charge in [-0.3, -0.25) is 14.4 Å². The van der Waals surface area contributed by atoms with Crippen LogP contribution >= 0.6 is 23.2 Å². The standard InChI is InChI=1S/C22H23Cl2N3O5/c1-2-32-20(29)10-18(16-7-13(23)8-17(24)21(16)30)26-22(31)12-6-19(28)27(11-12)15-5-3-4-14(25)9-15/h3-5,7-9,12,18,30H,2,6,10-11,25H2,1H3,(H,26,31). The van der Waals surface area contributed by atoms with E-state index in [1.165, 1.54) is 17.0 Å². The Labute approximate surface area is 195 Å². The van der Waals surface area contributed by atoms with Crippen LogP contribution in [0.1, 0.15) is 31.4 Å². The van der Waals surface area contributed by atoms with E-state index in [4.69, 9.17) is 33.7 Å². The summed E-state index contributed by atoms with van der Waals surface area (Å²) in [6, 6.07) is 8.66. The second-order valence-corrected chi connectivity index (χ2v) is 8.24. The topological polar surface area (TPSA) is 122 Å². The molecule has 0 saturated carbocycles. The van der Waals surface area contributed by atoms with Crippen LogP contribution in [0, 0.1) is 5.92 Å². The smallest absolute Gasteiger partial charge is 0.308 e. The first kappa shape index (κ1) is 23.7. The Bertz CT molecular complexity index is 1050. The highest BCUT2D eigenvalue weighted by Crippen LogP contribution is 2.36. The van der Waals surface area contributed by atoms with E-state index in [-0.39, 0.29) is 53.3 Å². The molecule has 1 saturated heterocycles. The minimum absolute atomic E-state index is 0.00492. The van der Waals surface area contributed by atoms with Gasteiger partial charge in [-0.05, 0) is 37.3 Å². The van der Waals surface area contributed by atoms with Crippen LogP contribution in [0.15, 0.2) is 36.4 Å². The maximum Gasteiger partial charge on any atom is 0.308 e. The van der Waals surface area contributed by atoms with E-state index in [9.17, 15) is 19.5 Å². The van der Waals surface area contributed by atoms with Gasteiger partial charge in [-0.25, -0.2) is 0 Å². The number of nitrogens with zero attached hydrogens (tertiary/aromatic N) is 1. The predicted molar refractivity (Wildman–Crippen MR) is 122 cm³/mol. The minimum atomic E-state index is -0.950. The molecule has 1 aliphatic rings. The van der Waals surface area contributed by atoms with Gasteiger partial charge >= 0.3 is 5.97 Å². The first-order chi connectivity index (χ1) is 15.2. The number of carbonyl (C=O) groups excluding carboxylic acids is 3. The lowest BCUT2D eigenvalue weighted by Gasteiger charge is -2.22. The van der Waals surface area contributed by atoms with Crippen molar-refractivity contribution in [1.82, 2.24) is 5.32 Å². The van der Waals surface area contributed by atoms with Crippen molar-refractivity contribution >= 4 is 52.4 Å². The van der Waals surface area contributed by atoms with Crippen molar-refractivity contribution in [2.45, 2.75) is 25.8 Å². The van der Waals surface area contributed by atoms with Gasteiger partial charge in [-0.1, -0.05) is 29.3 Å². The van der Waals surface area contributed by atoms with Crippen molar-refractivity contribution in [3.05, 3.63) is 52.0 Å². The van der Waals surface area contributed by atoms with Crippen LogP contribution in [-0.2, 0) is 19.1 Å². The highest BCUT2D eigenvalue weighted by Gasteiger charge is 2.36. The van der Waals surface area contributed by atoms with Gasteiger partial charge in [0.05, 0.1) is 30.0 Å². The molecular weight excluding hydrogens is 457 g/mol. The molecule has 10 heteroatoms. The number of carbonyl (C=O) groups is 3. The molecule has 4 N–H and O–H groups in total. The number of nitrogens with one attached hydrogen (secondary N) is 1. The Balaban J connectivity index is 1.81. The lowest BCUT2D eigenvalue weighted by molar-refractivity contribution is -0.144. The maximum atomic E-state index is 13.0. The number of nitrogens with two attached hydrogens (primary N) is 1. The van der Waals surface area contributed by atoms with Crippen molar-refractivity contribution in [3.63, 3.8) is 0 Å². The van der Waals surface area contributed by atoms with Gasteiger partial charge in [-0.15, -0.1) is 0 Å². The Kier molecular flexibility index (Phi) is 7.48. The van der Waals surface area contributed by atoms with Crippen LogP contribution in [0.3, 0.4) is 0 Å². The molecule has 1 fully saturated rings. The monoisotopic (exact) mass is 479 g/mol. The first-order valence-corrected chi connectivity index (χ1v) is 10.7. The van der Waals surface area contributed by atoms with E-state index in [0.29, 0.717) is 11.4 Å². The highest BCUT2D eigenvalue weighted by molar-refractivity contribution is 6.35. The van der Waals surface area contributed by atoms with Crippen molar-refractivity contribution < 1.29 is 24.2 Å². The van der Waals surface area contributed by atoms with Gasteiger partial charge in [0.15, 0.2) is 0 Å². The number of aromatic hydroxyl groups is 1. The van der Waals surface area contributed by atoms with E-state index in [2.05, 4.69) is 5.32 Å². The van der Waals surface area contributed by atoms with E-state index >= 15 is 0 Å². The normalized spacial score (nSPS) is 16.7. The summed E-state index contributed by atoms with van der Waals surface area (Å²) >= 11 is 12.1. The summed E-state index contributed by atoms with van der Waals surface area (Å²) in [5.41, 5.74) is 7.09. The lowest BCUT2D eigenvalue weighted by Crippen LogP contribution is -2.36. The average molecular weight is 480 g/mol. The molecule has 2 aromatic carbocycles. The van der Waals surface area contributed by atoms with Crippen LogP contribution in [0.5, 0.6) is 5.75 Å². The Morgan fingerprint density at radius 1 is 1.31 bits per heavy atom. The number of anilines is 2. The predicted octanol–water partition coefficient (Wildman–Crippen LogP) is 3.44. The van der Waals surface area contributed by atoms with Gasteiger partial charge < -0.3 is 25.8 Å². The first-order valence-electron chi connectivity index (χ1n) is 9.99. The molecule has 3 rings (SSSR count). The van der Waals surface area contributed by atoms with E-state index in [1.54, 1.807) is 31.2 Å². The summed E-state index contributed by atoms with van der Waals surface area (Å²) in [6.07, 6.45) is -0.252. The summed E-state index contributed by atoms with van der Waals surface area (Å²) < 4.78 is 4.99. The molecule has 170 valence electrons. The molecule has 2 atom stereocenters. The molecule has 2 aromatic rings. The Morgan fingerprint density at radius 3 is 2.75 bits per heavy atom. The van der Waals surface area contributed by atoms with Crippen LogP contribution in [0.2, 0.25) is 10.0 Å². The molecule has 0 aliphatic carbocycles. The third kappa shape index (κ3) is 5.44. The van der Waals surface area contributed by atoms with Gasteiger partial charge in [0, 0.05) is 34.9 Å². The lowest BCUT2D eigenvalue weighted by atomic mass is 10.0. The number of halogens is 2. The third-order valence-corrected chi connectivity index (χ3v) is 5.61. The number of hydrogen-bond donors (Lipinski definition) is 3. The minimum Gasteiger partial charge on any atom is -0.506 e. The fourth-order valence-electron chi connectivity index (χ4n) is 3.59. The molecule has 0 bridgehead atoms. The van der Waals surface area contributed by atoms with Gasteiger partial charge in [-0.2, -0.15) is 0 Å². The molecule has 32 heavy (non-hydrogen) atoms. The maximum absolute atomic E-state index is 13.0. The van der Waals surface area contributed by atoms with Crippen LogP contribution in [0.4, 0.5) is 11.4 Å². The summed E-state index contributed by atoms with van der Waals surface area (Å²) in [6.45, 7) is 1.98. The Morgan fingerprint density at radius 2 is 2.06 bits per heavy atom. The van der Waals surface area contributed by atoms with Crippen molar-refractivity contribution in [3.8, 4) is 5.75 Å². The number of amides is 2. The van der Waals surface area contributed by atoms with Gasteiger partial charge in [0.2, 0.25) is 11.8 Å². The molecule has 2 unspecified atom stereocenters. The van der Waals surface area contributed by atoms with E-state index < -0.39 is 23.8 Å². The largest absolute Gasteiger partial charge is 0.506 e. The van der Waals surface area contributed by atoms with Crippen molar-refractivity contribution in [2.75, 3.05) is 23.8 Å². The number of ether oxygens (including phenoxy) is 1. The van der Waals surface area contributed by atoms with E-state index in [0.717, 1.165) is 0 Å². The molecule has 0 aromatic heterocycles. The quantitative estimate of drug-likeness (QED) is 0.412. The molecule has 2 amide bonds. The number of esters is 1. The van der Waals surface area contributed by atoms with Crippen molar-refractivity contribution in [1.29, 1.82) is 0 Å². The summed E-state index contributed by atoms with van der Waals surface area (Å²) in [7, 11) is 0. The number of benzene rings is 2. The SMILES string of the molecule is CCOC(=O)CC(NC(=O)C1CC(=O)N(c2cccc(N)c2)C1)c1cc(Cl)cc(Cl)c1O. The summed E-state index contributed by atoms with van der Waals surface area (Å²) in [5, 5.41) is 13.4. The Hall–Kier alpha value is -2.97. The third-order valence-electron chi connectivity index (χ3n) is 5.10. The van der Waals surface area contributed by atoms with Crippen LogP contribution in [0.25, 0.3) is 0 Å². The van der Waals surface area contributed by atoms with Gasteiger partial charge in [0.25, 0.3) is 0 Å². The number of phenolic OH excluding ortho intramolecular Hbond substituents is 1. The molecule has 0 radical (unpaired) electrons. The number of nitrogen functional groups attached to an aromatic ring is 1. The summed E-state index contributed by atoms with van der Waals surface area (Å²) in [5.74, 6) is -2.20. The zero-order chi connectivity index (χ0) is 23.4. The number of phenols is 1. The van der Waals surface area contributed by atoms with E-state index in [1.807, 2.05) is 0 Å². The number of hydrogen-bond acceptors (Lipinski definition) is 6. The summed E-state index contributed by atoms with van der Waals surface area (Å²) in [4.78, 5) is 39.2. The van der Waals surface area contributed by atoms with Crippen molar-refractivity contribution in [2.24, 2.45) is 5.92 Å². The second-order valence-electron chi connectivity index (χ2n) is 7.40. The van der Waals surface area contributed by atoms with Gasteiger partial charge in [0.1, 0.15) is 5.75 Å². The molecule has 0 spiro atoms. The highest BCUT2D eigenvalue weighted by atomic mass is 35.5. The fourth-order valence-corrected chi connectivity index (χ4v) is 4.10. The second kappa shape index (κ2) is 10.1.